The van der Waals surface area contributed by atoms with Crippen molar-refractivity contribution in [2.24, 2.45) is 0 Å². The van der Waals surface area contributed by atoms with Crippen LogP contribution in [0.15, 0.2) is 30.5 Å². The van der Waals surface area contributed by atoms with Crippen LogP contribution in [0, 0.1) is 13.8 Å². The van der Waals surface area contributed by atoms with E-state index < -0.39 is 5.97 Å². The summed E-state index contributed by atoms with van der Waals surface area (Å²) in [6.07, 6.45) is 1.23. The Balaban J connectivity index is 0.00000300. The highest BCUT2D eigenvalue weighted by atomic mass is 35.5. The number of hydrogen-bond acceptors (Lipinski definition) is 6. The molecule has 2 heterocycles. The van der Waals surface area contributed by atoms with E-state index in [0.717, 1.165) is 11.3 Å². The number of fused-ring (bicyclic) bond motifs is 1. The van der Waals surface area contributed by atoms with Crippen molar-refractivity contribution in [3.8, 4) is 5.75 Å². The second-order valence-electron chi connectivity index (χ2n) is 6.75. The molecule has 0 saturated heterocycles. The molecule has 0 unspecified atom stereocenters. The molecule has 0 aliphatic rings. The number of nitrogens with zero attached hydrogens (tertiary/aromatic N) is 2. The highest BCUT2D eigenvalue weighted by Crippen LogP contribution is 2.36. The molecule has 0 radical (unpaired) electrons. The fourth-order valence-corrected chi connectivity index (χ4v) is 2.96. The van der Waals surface area contributed by atoms with Gasteiger partial charge in [-0.15, -0.1) is 12.4 Å². The third-order valence-electron chi connectivity index (χ3n) is 4.17. The summed E-state index contributed by atoms with van der Waals surface area (Å²) < 4.78 is 10.9. The number of hydrogen-bond donors (Lipinski definition) is 1. The normalized spacial score (nSPS) is 10.6. The molecule has 1 aromatic carbocycles. The van der Waals surface area contributed by atoms with Crippen molar-refractivity contribution in [1.82, 2.24) is 9.97 Å². The van der Waals surface area contributed by atoms with E-state index in [1.165, 1.54) is 6.20 Å². The lowest BCUT2D eigenvalue weighted by atomic mass is 10.1. The number of nitrogens with one attached hydrogen (secondary N) is 1. The van der Waals surface area contributed by atoms with Gasteiger partial charge in [-0.1, -0.05) is 11.6 Å². The Morgan fingerprint density at radius 1 is 1.21 bits per heavy atom. The molecule has 0 saturated carbocycles. The van der Waals surface area contributed by atoms with Gasteiger partial charge in [0.25, 0.3) is 0 Å². The molecule has 6 nitrogen and oxygen atoms in total. The first-order valence-electron chi connectivity index (χ1n) is 8.88. The Morgan fingerprint density at radius 2 is 1.93 bits per heavy atom. The average molecular weight is 436 g/mol. The lowest BCUT2D eigenvalue weighted by Crippen LogP contribution is -2.14. The van der Waals surface area contributed by atoms with Gasteiger partial charge >= 0.3 is 5.97 Å². The Bertz CT molecular complexity index is 1060. The van der Waals surface area contributed by atoms with Crippen LogP contribution in [-0.4, -0.2) is 29.2 Å². The highest BCUT2D eigenvalue weighted by molar-refractivity contribution is 6.31. The van der Waals surface area contributed by atoms with Crippen molar-refractivity contribution in [3.05, 3.63) is 52.3 Å². The minimum atomic E-state index is -0.461. The Kier molecular flexibility index (Phi) is 7.27. The van der Waals surface area contributed by atoms with Crippen LogP contribution in [0.1, 0.15) is 35.5 Å². The van der Waals surface area contributed by atoms with Gasteiger partial charge in [-0.3, -0.25) is 0 Å². The molecule has 0 bridgehead atoms. The van der Waals surface area contributed by atoms with Crippen molar-refractivity contribution >= 4 is 52.4 Å². The van der Waals surface area contributed by atoms with Gasteiger partial charge in [0, 0.05) is 28.4 Å². The molecule has 1 N–H and O–H groups in total. The summed E-state index contributed by atoms with van der Waals surface area (Å²) in [4.78, 5) is 21.5. The molecule has 154 valence electrons. The van der Waals surface area contributed by atoms with E-state index >= 15 is 0 Å². The van der Waals surface area contributed by atoms with Gasteiger partial charge in [-0.2, -0.15) is 0 Å². The predicted molar refractivity (Wildman–Crippen MR) is 118 cm³/mol. The minimum Gasteiger partial charge on any atom is -0.495 e. The van der Waals surface area contributed by atoms with E-state index in [4.69, 9.17) is 21.1 Å². The smallest absolute Gasteiger partial charge is 0.342 e. The minimum absolute atomic E-state index is 0. The largest absolute Gasteiger partial charge is 0.495 e. The highest BCUT2D eigenvalue weighted by Gasteiger charge is 2.20. The topological polar surface area (TPSA) is 73.3 Å². The fraction of sp³-hybridized carbons (Fsp3) is 0.286. The SMILES string of the molecule is COc1cc(Cl)c(C)cc1Nc1c(C(=O)OC(C)C)cnc2nc(C)ccc12.Cl. The van der Waals surface area contributed by atoms with E-state index in [-0.39, 0.29) is 18.5 Å². The third kappa shape index (κ3) is 4.89. The number of rotatable bonds is 5. The Labute approximate surface area is 181 Å². The zero-order valence-corrected chi connectivity index (χ0v) is 18.4. The lowest BCUT2D eigenvalue weighted by molar-refractivity contribution is 0.0379. The van der Waals surface area contributed by atoms with Gasteiger partial charge in [-0.25, -0.2) is 14.8 Å². The Hall–Kier alpha value is -2.57. The zero-order valence-electron chi connectivity index (χ0n) is 16.9. The zero-order chi connectivity index (χ0) is 20.4. The molecule has 8 heteroatoms. The van der Waals surface area contributed by atoms with Crippen molar-refractivity contribution < 1.29 is 14.3 Å². The fourth-order valence-electron chi connectivity index (χ4n) is 2.80. The van der Waals surface area contributed by atoms with Gasteiger partial charge < -0.3 is 14.8 Å². The molecular formula is C21H23Cl2N3O3. The number of esters is 1. The molecule has 3 rings (SSSR count). The first kappa shape index (κ1) is 22.7. The number of benzene rings is 1. The second kappa shape index (κ2) is 9.29. The van der Waals surface area contributed by atoms with E-state index in [0.29, 0.717) is 38.7 Å². The number of carbonyl (C=O) groups is 1. The van der Waals surface area contributed by atoms with E-state index in [1.807, 2.05) is 32.0 Å². The molecular weight excluding hydrogens is 413 g/mol. The summed E-state index contributed by atoms with van der Waals surface area (Å²) in [5.74, 6) is 0.0981. The predicted octanol–water partition coefficient (Wildman–Crippen LogP) is 5.64. The van der Waals surface area contributed by atoms with Crippen LogP contribution in [0.3, 0.4) is 0 Å². The summed E-state index contributed by atoms with van der Waals surface area (Å²) in [5.41, 5.74) is 3.81. The van der Waals surface area contributed by atoms with Crippen molar-refractivity contribution in [2.45, 2.75) is 33.8 Å². The molecule has 0 amide bonds. The van der Waals surface area contributed by atoms with Crippen LogP contribution in [0.5, 0.6) is 5.75 Å². The number of aryl methyl sites for hydroxylation is 2. The van der Waals surface area contributed by atoms with E-state index in [2.05, 4.69) is 15.3 Å². The monoisotopic (exact) mass is 435 g/mol. The number of anilines is 2. The van der Waals surface area contributed by atoms with Crippen LogP contribution < -0.4 is 10.1 Å². The molecule has 2 aromatic heterocycles. The van der Waals surface area contributed by atoms with E-state index in [1.54, 1.807) is 27.0 Å². The number of ether oxygens (including phenoxy) is 2. The number of pyridine rings is 2. The standard InChI is InChI=1S/C21H22ClN3O3.ClH/c1-11(2)28-21(26)15-10-23-20-14(7-6-13(4)24-20)19(15)25-17-8-12(3)16(22)9-18(17)27-5;/h6-11H,1-5H3,(H,23,24,25);1H. The molecule has 0 spiro atoms. The third-order valence-corrected chi connectivity index (χ3v) is 4.58. The second-order valence-corrected chi connectivity index (χ2v) is 7.16. The van der Waals surface area contributed by atoms with Gasteiger partial charge in [0.1, 0.15) is 11.3 Å². The number of carbonyl (C=O) groups excluding carboxylic acids is 1. The van der Waals surface area contributed by atoms with Crippen molar-refractivity contribution in [1.29, 1.82) is 0 Å². The molecule has 0 fully saturated rings. The first-order chi connectivity index (χ1) is 13.3. The van der Waals surface area contributed by atoms with Crippen LogP contribution >= 0.6 is 24.0 Å². The van der Waals surface area contributed by atoms with Gasteiger partial charge in [0.05, 0.1) is 24.6 Å². The average Bonchev–Trinajstić information content (AvgIpc) is 2.63. The van der Waals surface area contributed by atoms with Crippen LogP contribution in [0.25, 0.3) is 11.0 Å². The van der Waals surface area contributed by atoms with Crippen LogP contribution in [0.4, 0.5) is 11.4 Å². The summed E-state index contributed by atoms with van der Waals surface area (Å²) in [6.45, 7) is 7.39. The maximum atomic E-state index is 12.7. The van der Waals surface area contributed by atoms with Gasteiger partial charge in [0.15, 0.2) is 5.65 Å². The van der Waals surface area contributed by atoms with Crippen LogP contribution in [0.2, 0.25) is 5.02 Å². The summed E-state index contributed by atoms with van der Waals surface area (Å²) in [6, 6.07) is 7.36. The molecule has 29 heavy (non-hydrogen) atoms. The quantitative estimate of drug-likeness (QED) is 0.522. The van der Waals surface area contributed by atoms with Gasteiger partial charge in [0.2, 0.25) is 0 Å². The van der Waals surface area contributed by atoms with Crippen LogP contribution in [-0.2, 0) is 4.74 Å². The summed E-state index contributed by atoms with van der Waals surface area (Å²) in [5, 5.41) is 4.62. The molecule has 3 aromatic rings. The van der Waals surface area contributed by atoms with E-state index in [9.17, 15) is 4.79 Å². The Morgan fingerprint density at radius 3 is 2.59 bits per heavy atom. The van der Waals surface area contributed by atoms with Crippen molar-refractivity contribution in [2.75, 3.05) is 12.4 Å². The summed E-state index contributed by atoms with van der Waals surface area (Å²) >= 11 is 6.22. The number of halogens is 2. The van der Waals surface area contributed by atoms with Crippen molar-refractivity contribution in [3.63, 3.8) is 0 Å². The molecule has 0 atom stereocenters. The maximum Gasteiger partial charge on any atom is 0.342 e. The molecule has 0 aliphatic carbocycles. The maximum absolute atomic E-state index is 12.7. The summed E-state index contributed by atoms with van der Waals surface area (Å²) in [7, 11) is 1.57. The number of methoxy groups -OCH3 is 1. The molecule has 0 aliphatic heterocycles. The lowest BCUT2D eigenvalue weighted by Gasteiger charge is -2.18. The van der Waals surface area contributed by atoms with Gasteiger partial charge in [-0.05, 0) is 51.5 Å². The first-order valence-corrected chi connectivity index (χ1v) is 9.26. The number of aromatic nitrogens is 2.